The van der Waals surface area contributed by atoms with Gasteiger partial charge < -0.3 is 5.32 Å². The minimum absolute atomic E-state index is 0.0828. The molecule has 6 nitrogen and oxygen atoms in total. The maximum Gasteiger partial charge on any atom is 0.271 e. The summed E-state index contributed by atoms with van der Waals surface area (Å²) in [6.07, 6.45) is 5.47. The summed E-state index contributed by atoms with van der Waals surface area (Å²) in [7, 11) is 0. The highest BCUT2D eigenvalue weighted by Crippen LogP contribution is 2.25. The molecular weight excluding hydrogens is 372 g/mol. The molecule has 0 aliphatic carbocycles. The summed E-state index contributed by atoms with van der Waals surface area (Å²) in [6, 6.07) is 8.56. The van der Waals surface area contributed by atoms with Crippen LogP contribution in [0.4, 0.5) is 0 Å². The highest BCUT2D eigenvalue weighted by atomic mass is 32.1. The summed E-state index contributed by atoms with van der Waals surface area (Å²) in [5, 5.41) is 2.97. The first-order valence-corrected chi connectivity index (χ1v) is 10.4. The second kappa shape index (κ2) is 7.85. The Bertz CT molecular complexity index is 1050. The van der Waals surface area contributed by atoms with Crippen LogP contribution in [0.2, 0.25) is 0 Å². The Morgan fingerprint density at radius 2 is 1.93 bits per heavy atom. The standard InChI is InChI=1S/C21H24N4O2S/c1-14-5-7-16(8-6-14)18(24-9-3-4-10-24)12-22-19(26)17-11-23-21-25(20(17)27)13-15(2)28-21/h5-8,11,13,18H,3-4,9-10,12H2,1-2H3,(H,22,26)/t18-/m1/s1. The molecule has 2 aromatic heterocycles. The van der Waals surface area contributed by atoms with E-state index < -0.39 is 0 Å². The van der Waals surface area contributed by atoms with E-state index in [9.17, 15) is 9.59 Å². The minimum atomic E-state index is -0.368. The van der Waals surface area contributed by atoms with Crippen LogP contribution >= 0.6 is 11.3 Å². The molecule has 1 aliphatic heterocycles. The van der Waals surface area contributed by atoms with E-state index in [0.29, 0.717) is 11.5 Å². The third-order valence-corrected chi connectivity index (χ3v) is 6.18. The summed E-state index contributed by atoms with van der Waals surface area (Å²) in [6.45, 7) is 6.50. The number of aromatic nitrogens is 2. The van der Waals surface area contributed by atoms with Crippen molar-refractivity contribution in [3.8, 4) is 0 Å². The van der Waals surface area contributed by atoms with Gasteiger partial charge in [0.15, 0.2) is 4.96 Å². The minimum Gasteiger partial charge on any atom is -0.350 e. The van der Waals surface area contributed by atoms with Gasteiger partial charge in [0.2, 0.25) is 0 Å². The summed E-state index contributed by atoms with van der Waals surface area (Å²) < 4.78 is 1.45. The quantitative estimate of drug-likeness (QED) is 0.720. The maximum atomic E-state index is 12.7. The number of rotatable bonds is 5. The lowest BCUT2D eigenvalue weighted by Crippen LogP contribution is -2.38. The van der Waals surface area contributed by atoms with Gasteiger partial charge in [0.05, 0.1) is 6.04 Å². The first kappa shape index (κ1) is 18.8. The zero-order valence-corrected chi connectivity index (χ0v) is 17.0. The molecule has 146 valence electrons. The molecule has 1 atom stereocenters. The number of carbonyl (C=O) groups excluding carboxylic acids is 1. The topological polar surface area (TPSA) is 66.7 Å². The number of amides is 1. The van der Waals surface area contributed by atoms with Gasteiger partial charge in [0, 0.05) is 23.8 Å². The Morgan fingerprint density at radius 3 is 2.64 bits per heavy atom. The molecule has 1 fully saturated rings. The van der Waals surface area contributed by atoms with Gasteiger partial charge in [-0.15, -0.1) is 11.3 Å². The zero-order chi connectivity index (χ0) is 19.7. The Morgan fingerprint density at radius 1 is 1.21 bits per heavy atom. The molecule has 0 radical (unpaired) electrons. The highest BCUT2D eigenvalue weighted by Gasteiger charge is 2.24. The Hall–Kier alpha value is -2.51. The Balaban J connectivity index is 1.55. The first-order chi connectivity index (χ1) is 13.5. The smallest absolute Gasteiger partial charge is 0.271 e. The number of hydrogen-bond acceptors (Lipinski definition) is 5. The molecule has 0 saturated carbocycles. The van der Waals surface area contributed by atoms with Crippen LogP contribution < -0.4 is 10.9 Å². The average molecular weight is 397 g/mol. The van der Waals surface area contributed by atoms with Gasteiger partial charge in [-0.1, -0.05) is 29.8 Å². The van der Waals surface area contributed by atoms with Gasteiger partial charge in [0.1, 0.15) is 5.56 Å². The van der Waals surface area contributed by atoms with Gasteiger partial charge in [-0.3, -0.25) is 18.9 Å². The number of carbonyl (C=O) groups is 1. The van der Waals surface area contributed by atoms with Crippen molar-refractivity contribution in [2.75, 3.05) is 19.6 Å². The number of hydrogen-bond donors (Lipinski definition) is 1. The molecular formula is C21H24N4O2S. The molecule has 1 N–H and O–H groups in total. The number of nitrogens with zero attached hydrogens (tertiary/aromatic N) is 3. The predicted octanol–water partition coefficient (Wildman–Crippen LogP) is 2.94. The van der Waals surface area contributed by atoms with Gasteiger partial charge in [-0.25, -0.2) is 4.98 Å². The van der Waals surface area contributed by atoms with Crippen molar-refractivity contribution in [1.29, 1.82) is 0 Å². The van der Waals surface area contributed by atoms with Crippen molar-refractivity contribution in [2.45, 2.75) is 32.7 Å². The van der Waals surface area contributed by atoms with Crippen molar-refractivity contribution in [3.63, 3.8) is 0 Å². The molecule has 3 aromatic rings. The number of nitrogens with one attached hydrogen (secondary N) is 1. The van der Waals surface area contributed by atoms with Crippen LogP contribution in [0.5, 0.6) is 0 Å². The molecule has 4 rings (SSSR count). The lowest BCUT2D eigenvalue weighted by Gasteiger charge is -2.28. The number of benzene rings is 1. The molecule has 1 aliphatic rings. The van der Waals surface area contributed by atoms with Crippen molar-refractivity contribution >= 4 is 22.2 Å². The maximum absolute atomic E-state index is 12.7. The van der Waals surface area contributed by atoms with E-state index in [1.807, 2.05) is 6.92 Å². The molecule has 3 heterocycles. The van der Waals surface area contributed by atoms with E-state index in [1.165, 1.54) is 45.9 Å². The lowest BCUT2D eigenvalue weighted by atomic mass is 10.0. The Kier molecular flexibility index (Phi) is 5.28. The van der Waals surface area contributed by atoms with E-state index in [2.05, 4.69) is 46.4 Å². The number of aryl methyl sites for hydroxylation is 2. The summed E-state index contributed by atoms with van der Waals surface area (Å²) >= 11 is 1.43. The SMILES string of the molecule is Cc1ccc([C@@H](CNC(=O)c2cnc3sc(C)cn3c2=O)N2CCCC2)cc1. The van der Waals surface area contributed by atoms with Crippen LogP contribution in [0.25, 0.3) is 4.96 Å². The summed E-state index contributed by atoms with van der Waals surface area (Å²) in [5.74, 6) is -0.368. The lowest BCUT2D eigenvalue weighted by molar-refractivity contribution is 0.0936. The average Bonchev–Trinajstić information content (AvgIpc) is 3.33. The highest BCUT2D eigenvalue weighted by molar-refractivity contribution is 7.16. The molecule has 1 amide bonds. The second-order valence-corrected chi connectivity index (χ2v) is 8.56. The first-order valence-electron chi connectivity index (χ1n) is 9.59. The van der Waals surface area contributed by atoms with Gasteiger partial charge in [-0.05, 0) is 45.3 Å². The van der Waals surface area contributed by atoms with Gasteiger partial charge in [-0.2, -0.15) is 0 Å². The largest absolute Gasteiger partial charge is 0.350 e. The molecule has 1 saturated heterocycles. The molecule has 1 aromatic carbocycles. The fraction of sp³-hybridized carbons (Fsp3) is 0.381. The van der Waals surface area contributed by atoms with Gasteiger partial charge in [0.25, 0.3) is 11.5 Å². The number of thiazole rings is 1. The summed E-state index contributed by atoms with van der Waals surface area (Å²) in [5.41, 5.74) is 2.16. The fourth-order valence-corrected chi connectivity index (χ4v) is 4.52. The third-order valence-electron chi connectivity index (χ3n) is 5.27. The molecule has 7 heteroatoms. The van der Waals surface area contributed by atoms with Crippen LogP contribution in [0.15, 0.2) is 41.5 Å². The molecule has 28 heavy (non-hydrogen) atoms. The van der Waals surface area contributed by atoms with Crippen LogP contribution in [-0.2, 0) is 0 Å². The third kappa shape index (κ3) is 3.72. The van der Waals surface area contributed by atoms with Crippen LogP contribution in [-0.4, -0.2) is 39.8 Å². The van der Waals surface area contributed by atoms with Crippen molar-refractivity contribution in [3.05, 3.63) is 68.6 Å². The predicted molar refractivity (Wildman–Crippen MR) is 111 cm³/mol. The molecule has 0 bridgehead atoms. The second-order valence-electron chi connectivity index (χ2n) is 7.35. The van der Waals surface area contributed by atoms with E-state index in [4.69, 9.17) is 0 Å². The number of likely N-dealkylation sites (tertiary alicyclic amines) is 1. The van der Waals surface area contributed by atoms with Crippen molar-refractivity contribution in [1.82, 2.24) is 19.6 Å². The normalized spacial score (nSPS) is 15.8. The van der Waals surface area contributed by atoms with Crippen molar-refractivity contribution in [2.24, 2.45) is 0 Å². The van der Waals surface area contributed by atoms with Crippen molar-refractivity contribution < 1.29 is 4.79 Å². The summed E-state index contributed by atoms with van der Waals surface area (Å²) in [4.78, 5) is 33.6. The monoisotopic (exact) mass is 396 g/mol. The van der Waals surface area contributed by atoms with E-state index in [0.717, 1.165) is 18.0 Å². The fourth-order valence-electron chi connectivity index (χ4n) is 3.74. The Labute approximate surface area is 167 Å². The van der Waals surface area contributed by atoms with E-state index in [-0.39, 0.29) is 23.1 Å². The molecule has 0 unspecified atom stereocenters. The van der Waals surface area contributed by atoms with Crippen LogP contribution in [0.1, 0.15) is 45.2 Å². The van der Waals surface area contributed by atoms with Crippen LogP contribution in [0.3, 0.4) is 0 Å². The van der Waals surface area contributed by atoms with E-state index in [1.54, 1.807) is 6.20 Å². The van der Waals surface area contributed by atoms with Gasteiger partial charge >= 0.3 is 0 Å². The number of fused-ring (bicyclic) bond motifs is 1. The molecule has 0 spiro atoms. The zero-order valence-electron chi connectivity index (χ0n) is 16.1. The van der Waals surface area contributed by atoms with Crippen LogP contribution in [0, 0.1) is 13.8 Å². The van der Waals surface area contributed by atoms with E-state index >= 15 is 0 Å².